The maximum Gasteiger partial charge on any atom is 0.144 e. The van der Waals surface area contributed by atoms with Gasteiger partial charge < -0.3 is 4.42 Å². The van der Waals surface area contributed by atoms with Crippen molar-refractivity contribution in [1.29, 1.82) is 0 Å². The lowest BCUT2D eigenvalue weighted by Gasteiger charge is -2.24. The lowest BCUT2D eigenvalue weighted by atomic mass is 9.83. The van der Waals surface area contributed by atoms with E-state index in [1.165, 1.54) is 22.3 Å². The van der Waals surface area contributed by atoms with Crippen LogP contribution in [0.25, 0.3) is 22.5 Å². The van der Waals surface area contributed by atoms with Crippen LogP contribution in [0.15, 0.2) is 112 Å². The average Bonchev–Trinajstić information content (AvgIpc) is 3.48. The summed E-state index contributed by atoms with van der Waals surface area (Å²) in [6, 6.07) is 32.3. The highest BCUT2D eigenvalue weighted by molar-refractivity contribution is 6.58. The quantitative estimate of drug-likeness (QED) is 0.185. The van der Waals surface area contributed by atoms with Gasteiger partial charge in [0.2, 0.25) is 0 Å². The summed E-state index contributed by atoms with van der Waals surface area (Å²) in [6.45, 7) is 18.0. The van der Waals surface area contributed by atoms with E-state index in [-0.39, 0.29) is 0 Å². The van der Waals surface area contributed by atoms with E-state index in [2.05, 4.69) is 146 Å². The zero-order valence-corrected chi connectivity index (χ0v) is 27.8. The summed E-state index contributed by atoms with van der Waals surface area (Å²) in [6.07, 6.45) is 1.90. The molecule has 0 spiro atoms. The molecular weight excluding hydrogens is 548 g/mol. The molecule has 0 fully saturated rings. The molecule has 0 saturated carbocycles. The first-order valence-corrected chi connectivity index (χ1v) is 16.4. The summed E-state index contributed by atoms with van der Waals surface area (Å²) < 4.78 is 6.48. The van der Waals surface area contributed by atoms with Crippen molar-refractivity contribution < 1.29 is 4.42 Å². The first kappa shape index (κ1) is 30.5. The summed E-state index contributed by atoms with van der Waals surface area (Å²) in [5.41, 5.74) is 14.0. The lowest BCUT2D eigenvalue weighted by Crippen LogP contribution is -2.23. The zero-order chi connectivity index (χ0) is 31.8. The summed E-state index contributed by atoms with van der Waals surface area (Å²) in [5.74, 6) is 2.11. The van der Waals surface area contributed by atoms with Crippen molar-refractivity contribution in [3.05, 3.63) is 131 Å². The number of furan rings is 1. The number of nitrogens with zero attached hydrogens (tertiary/aromatic N) is 2. The van der Waals surface area contributed by atoms with E-state index in [4.69, 9.17) is 14.4 Å². The van der Waals surface area contributed by atoms with E-state index in [9.17, 15) is 0 Å². The molecule has 0 radical (unpaired) electrons. The van der Waals surface area contributed by atoms with E-state index in [0.29, 0.717) is 23.7 Å². The van der Waals surface area contributed by atoms with Gasteiger partial charge in [-0.05, 0) is 51.5 Å². The number of hydrogen-bond donors (Lipinski definition) is 0. The SMILES string of the molecule is CC(C)c1cccc(C(C)C)c1/N=C1/C(=N/c2c(C(C)C)cccc2C(C)C)c2c(-c3ccccc3)coc2-c2ccccc21. The smallest absolute Gasteiger partial charge is 0.144 e. The first-order valence-electron chi connectivity index (χ1n) is 16.4. The Morgan fingerprint density at radius 1 is 0.444 bits per heavy atom. The largest absolute Gasteiger partial charge is 0.463 e. The van der Waals surface area contributed by atoms with Crippen LogP contribution in [0.4, 0.5) is 11.4 Å². The Hall–Kier alpha value is -4.50. The second kappa shape index (κ2) is 12.5. The van der Waals surface area contributed by atoms with Gasteiger partial charge >= 0.3 is 0 Å². The highest BCUT2D eigenvalue weighted by Gasteiger charge is 2.34. The summed E-state index contributed by atoms with van der Waals surface area (Å²) in [4.78, 5) is 11.4. The van der Waals surface area contributed by atoms with Gasteiger partial charge in [0.15, 0.2) is 0 Å². The number of para-hydroxylation sites is 2. The van der Waals surface area contributed by atoms with Crippen molar-refractivity contribution in [1.82, 2.24) is 0 Å². The molecule has 228 valence electrons. The minimum atomic E-state index is 0.311. The van der Waals surface area contributed by atoms with Crippen molar-refractivity contribution >= 4 is 22.8 Å². The fourth-order valence-corrected chi connectivity index (χ4v) is 6.48. The molecule has 0 atom stereocenters. The second-order valence-corrected chi connectivity index (χ2v) is 13.4. The van der Waals surface area contributed by atoms with Crippen molar-refractivity contribution in [2.24, 2.45) is 9.98 Å². The average molecular weight is 593 g/mol. The minimum absolute atomic E-state index is 0.311. The van der Waals surface area contributed by atoms with Crippen molar-refractivity contribution in [3.63, 3.8) is 0 Å². The molecule has 1 aromatic heterocycles. The molecule has 0 unspecified atom stereocenters. The van der Waals surface area contributed by atoms with Crippen molar-refractivity contribution in [2.45, 2.75) is 79.1 Å². The molecule has 1 aliphatic carbocycles. The molecule has 0 aliphatic heterocycles. The molecule has 5 aromatic rings. The van der Waals surface area contributed by atoms with E-state index in [0.717, 1.165) is 56.4 Å². The number of aliphatic imine (C=N–C) groups is 2. The molecule has 0 amide bonds. The van der Waals surface area contributed by atoms with Crippen LogP contribution in [0.3, 0.4) is 0 Å². The molecule has 4 aromatic carbocycles. The van der Waals surface area contributed by atoms with Gasteiger partial charge in [-0.3, -0.25) is 0 Å². The molecule has 6 rings (SSSR count). The Morgan fingerprint density at radius 2 is 0.889 bits per heavy atom. The van der Waals surface area contributed by atoms with Crippen LogP contribution in [0.1, 0.15) is 112 Å². The third-order valence-electron chi connectivity index (χ3n) is 8.90. The number of benzene rings is 4. The standard InChI is InChI=1S/C42H44N2O/c1-25(2)30-20-14-21-31(26(3)4)38(30)43-40-34-18-12-13-19-35(34)42-37(36(24-45-42)29-16-10-9-11-17-29)41(40)44-39-32(27(5)6)22-15-23-33(39)28(7)8/h9-28H,1-8H3/b43-40+,44-41+. The van der Waals surface area contributed by atoms with E-state index in [1.54, 1.807) is 0 Å². The number of hydrogen-bond acceptors (Lipinski definition) is 3. The Balaban J connectivity index is 1.78. The van der Waals surface area contributed by atoms with Gasteiger partial charge in [-0.1, -0.05) is 146 Å². The topological polar surface area (TPSA) is 37.9 Å². The first-order chi connectivity index (χ1) is 21.7. The Kier molecular flexibility index (Phi) is 8.46. The van der Waals surface area contributed by atoms with Crippen LogP contribution in [0, 0.1) is 0 Å². The number of fused-ring (bicyclic) bond motifs is 3. The summed E-state index contributed by atoms with van der Waals surface area (Å²) in [5, 5.41) is 0. The molecule has 1 aliphatic rings. The Morgan fingerprint density at radius 3 is 1.38 bits per heavy atom. The van der Waals surface area contributed by atoms with Gasteiger partial charge in [-0.15, -0.1) is 0 Å². The zero-order valence-electron chi connectivity index (χ0n) is 27.8. The molecule has 0 bridgehead atoms. The fraction of sp³-hybridized carbons (Fsp3) is 0.286. The highest BCUT2D eigenvalue weighted by Crippen LogP contribution is 2.45. The van der Waals surface area contributed by atoms with E-state index >= 15 is 0 Å². The second-order valence-electron chi connectivity index (χ2n) is 13.4. The van der Waals surface area contributed by atoms with Crippen molar-refractivity contribution in [2.75, 3.05) is 0 Å². The molecule has 1 heterocycles. The van der Waals surface area contributed by atoms with E-state index in [1.807, 2.05) is 6.26 Å². The fourth-order valence-electron chi connectivity index (χ4n) is 6.48. The van der Waals surface area contributed by atoms with Crippen LogP contribution in [0.5, 0.6) is 0 Å². The molecular formula is C42H44N2O. The monoisotopic (exact) mass is 592 g/mol. The third kappa shape index (κ3) is 5.61. The molecule has 45 heavy (non-hydrogen) atoms. The summed E-state index contributed by atoms with van der Waals surface area (Å²) in [7, 11) is 0. The third-order valence-corrected chi connectivity index (χ3v) is 8.90. The molecule has 3 nitrogen and oxygen atoms in total. The Labute approximate surface area is 268 Å². The van der Waals surface area contributed by atoms with Gasteiger partial charge in [0, 0.05) is 16.7 Å². The van der Waals surface area contributed by atoms with Crippen LogP contribution in [-0.4, -0.2) is 11.4 Å². The molecule has 0 saturated heterocycles. The van der Waals surface area contributed by atoms with Gasteiger partial charge in [0.05, 0.1) is 28.9 Å². The summed E-state index contributed by atoms with van der Waals surface area (Å²) >= 11 is 0. The predicted molar refractivity (Wildman–Crippen MR) is 191 cm³/mol. The normalized spacial score (nSPS) is 14.7. The van der Waals surface area contributed by atoms with Crippen LogP contribution in [0.2, 0.25) is 0 Å². The van der Waals surface area contributed by atoms with Gasteiger partial charge in [-0.2, -0.15) is 0 Å². The Bertz CT molecular complexity index is 1830. The molecule has 0 N–H and O–H groups in total. The van der Waals surface area contributed by atoms with Crippen LogP contribution in [-0.2, 0) is 0 Å². The van der Waals surface area contributed by atoms with Gasteiger partial charge in [-0.25, -0.2) is 9.98 Å². The number of rotatable bonds is 7. The van der Waals surface area contributed by atoms with Crippen molar-refractivity contribution in [3.8, 4) is 22.5 Å². The molecule has 3 heteroatoms. The van der Waals surface area contributed by atoms with Crippen LogP contribution < -0.4 is 0 Å². The predicted octanol–water partition coefficient (Wildman–Crippen LogP) is 12.4. The van der Waals surface area contributed by atoms with Gasteiger partial charge in [0.25, 0.3) is 0 Å². The van der Waals surface area contributed by atoms with Gasteiger partial charge in [0.1, 0.15) is 11.5 Å². The minimum Gasteiger partial charge on any atom is -0.463 e. The highest BCUT2D eigenvalue weighted by atomic mass is 16.3. The van der Waals surface area contributed by atoms with Crippen LogP contribution >= 0.6 is 0 Å². The maximum absolute atomic E-state index is 6.48. The maximum atomic E-state index is 6.48. The van der Waals surface area contributed by atoms with E-state index < -0.39 is 0 Å². The lowest BCUT2D eigenvalue weighted by molar-refractivity contribution is 0.582.